The second-order valence-electron chi connectivity index (χ2n) is 4.12. The number of nitrogens with zero attached hydrogens (tertiary/aromatic N) is 1. The van der Waals surface area contributed by atoms with Crippen LogP contribution in [-0.2, 0) is 14.8 Å². The van der Waals surface area contributed by atoms with Gasteiger partial charge in [-0.25, -0.2) is 13.1 Å². The lowest BCUT2D eigenvalue weighted by atomic mass is 10.4. The molecule has 1 aromatic carbocycles. The smallest absolute Gasteiger partial charge is 0.241 e. The standard InChI is InChI=1S/C12H14N4O3S/c1-9-7-11(16-15-9)14-12(17)8-13-20(18,19)10-5-3-2-4-6-10/h2-7,13H,8H2,1H3,(H2,14,15,16,17). The molecule has 0 aliphatic heterocycles. The number of carbonyl (C=O) groups excluding carboxylic acids is 1. The lowest BCUT2D eigenvalue weighted by Crippen LogP contribution is -2.32. The number of anilines is 1. The third-order valence-electron chi connectivity index (χ3n) is 2.45. The molecule has 0 aliphatic carbocycles. The van der Waals surface area contributed by atoms with Gasteiger partial charge >= 0.3 is 0 Å². The molecule has 0 saturated heterocycles. The van der Waals surface area contributed by atoms with E-state index < -0.39 is 15.9 Å². The molecule has 0 fully saturated rings. The van der Waals surface area contributed by atoms with Crippen LogP contribution < -0.4 is 10.0 Å². The van der Waals surface area contributed by atoms with Gasteiger partial charge in [-0.2, -0.15) is 5.10 Å². The minimum atomic E-state index is -3.68. The summed E-state index contributed by atoms with van der Waals surface area (Å²) in [7, 11) is -3.68. The topological polar surface area (TPSA) is 104 Å². The van der Waals surface area contributed by atoms with Crippen molar-refractivity contribution in [3.8, 4) is 0 Å². The summed E-state index contributed by atoms with van der Waals surface area (Å²) in [6.45, 7) is 1.43. The average Bonchev–Trinajstić information content (AvgIpc) is 2.83. The van der Waals surface area contributed by atoms with Gasteiger partial charge in [-0.3, -0.25) is 9.89 Å². The predicted molar refractivity (Wildman–Crippen MR) is 73.6 cm³/mol. The molecule has 0 radical (unpaired) electrons. The van der Waals surface area contributed by atoms with Gasteiger partial charge in [0.1, 0.15) is 0 Å². The molecular formula is C12H14N4O3S. The largest absolute Gasteiger partial charge is 0.308 e. The second-order valence-corrected chi connectivity index (χ2v) is 5.89. The molecule has 0 spiro atoms. The number of rotatable bonds is 5. The Balaban J connectivity index is 1.93. The Hall–Kier alpha value is -2.19. The normalized spacial score (nSPS) is 11.2. The number of carbonyl (C=O) groups is 1. The minimum Gasteiger partial charge on any atom is -0.308 e. The number of aryl methyl sites for hydroxylation is 1. The number of amides is 1. The van der Waals surface area contributed by atoms with Crippen LogP contribution in [0.15, 0.2) is 41.3 Å². The van der Waals surface area contributed by atoms with Crippen LogP contribution >= 0.6 is 0 Å². The molecule has 2 aromatic rings. The molecule has 0 aliphatic rings. The van der Waals surface area contributed by atoms with Gasteiger partial charge in [0.05, 0.1) is 11.4 Å². The second kappa shape index (κ2) is 5.85. The zero-order valence-corrected chi connectivity index (χ0v) is 11.6. The molecule has 3 N–H and O–H groups in total. The van der Waals surface area contributed by atoms with E-state index in [0.717, 1.165) is 5.69 Å². The van der Waals surface area contributed by atoms with Crippen molar-refractivity contribution in [3.63, 3.8) is 0 Å². The molecule has 0 bridgehead atoms. The Labute approximate surface area is 116 Å². The molecule has 1 amide bonds. The first-order valence-electron chi connectivity index (χ1n) is 5.84. The Morgan fingerprint density at radius 2 is 2.00 bits per heavy atom. The molecule has 106 valence electrons. The van der Waals surface area contributed by atoms with Crippen LogP contribution in [0.5, 0.6) is 0 Å². The van der Waals surface area contributed by atoms with Crippen LogP contribution in [-0.4, -0.2) is 31.1 Å². The molecule has 2 rings (SSSR count). The van der Waals surface area contributed by atoms with Crippen molar-refractivity contribution in [2.24, 2.45) is 0 Å². The number of sulfonamides is 1. The van der Waals surface area contributed by atoms with Gasteiger partial charge in [-0.05, 0) is 19.1 Å². The predicted octanol–water partition coefficient (Wildman–Crippen LogP) is 0.635. The number of hydrogen-bond acceptors (Lipinski definition) is 4. The van der Waals surface area contributed by atoms with Gasteiger partial charge in [0, 0.05) is 11.8 Å². The first-order valence-corrected chi connectivity index (χ1v) is 7.32. The highest BCUT2D eigenvalue weighted by Crippen LogP contribution is 2.07. The minimum absolute atomic E-state index is 0.114. The molecule has 1 heterocycles. The third-order valence-corrected chi connectivity index (χ3v) is 3.87. The molecule has 0 unspecified atom stereocenters. The first kappa shape index (κ1) is 14.2. The summed E-state index contributed by atoms with van der Waals surface area (Å²) in [5.41, 5.74) is 0.796. The summed E-state index contributed by atoms with van der Waals surface area (Å²) in [5.74, 6) is -0.137. The highest BCUT2D eigenvalue weighted by atomic mass is 32.2. The van der Waals surface area contributed by atoms with E-state index in [1.54, 1.807) is 31.2 Å². The van der Waals surface area contributed by atoms with Crippen molar-refractivity contribution in [3.05, 3.63) is 42.1 Å². The van der Waals surface area contributed by atoms with Crippen LogP contribution in [0.25, 0.3) is 0 Å². The van der Waals surface area contributed by atoms with Gasteiger partial charge in [0.25, 0.3) is 0 Å². The quantitative estimate of drug-likeness (QED) is 0.752. The van der Waals surface area contributed by atoms with Gasteiger partial charge in [-0.1, -0.05) is 18.2 Å². The highest BCUT2D eigenvalue weighted by molar-refractivity contribution is 7.89. The van der Waals surface area contributed by atoms with Crippen LogP contribution in [0.4, 0.5) is 5.82 Å². The zero-order chi connectivity index (χ0) is 14.6. The van der Waals surface area contributed by atoms with Crippen LogP contribution in [0.2, 0.25) is 0 Å². The van der Waals surface area contributed by atoms with Crippen molar-refractivity contribution in [1.82, 2.24) is 14.9 Å². The Kier molecular flexibility index (Phi) is 4.16. The van der Waals surface area contributed by atoms with Crippen molar-refractivity contribution in [2.45, 2.75) is 11.8 Å². The summed E-state index contributed by atoms with van der Waals surface area (Å²) in [6.07, 6.45) is 0. The van der Waals surface area contributed by atoms with E-state index in [0.29, 0.717) is 5.82 Å². The van der Waals surface area contributed by atoms with Crippen LogP contribution in [0.3, 0.4) is 0 Å². The van der Waals surface area contributed by atoms with E-state index in [9.17, 15) is 13.2 Å². The average molecular weight is 294 g/mol. The fourth-order valence-corrected chi connectivity index (χ4v) is 2.52. The molecule has 0 saturated carbocycles. The maximum atomic E-state index is 11.9. The van der Waals surface area contributed by atoms with Gasteiger partial charge in [0.15, 0.2) is 5.82 Å². The zero-order valence-electron chi connectivity index (χ0n) is 10.8. The van der Waals surface area contributed by atoms with Crippen LogP contribution in [0, 0.1) is 6.92 Å². The van der Waals surface area contributed by atoms with Crippen molar-refractivity contribution < 1.29 is 13.2 Å². The highest BCUT2D eigenvalue weighted by Gasteiger charge is 2.15. The summed E-state index contributed by atoms with van der Waals surface area (Å²) >= 11 is 0. The number of benzene rings is 1. The van der Waals surface area contributed by atoms with E-state index in [1.165, 1.54) is 12.1 Å². The maximum Gasteiger partial charge on any atom is 0.241 e. The summed E-state index contributed by atoms with van der Waals surface area (Å²) in [4.78, 5) is 11.7. The Bertz CT molecular complexity index is 695. The SMILES string of the molecule is Cc1cc(NC(=O)CNS(=O)(=O)c2ccccc2)n[nH]1. The molecule has 7 nitrogen and oxygen atoms in total. The van der Waals surface area contributed by atoms with Gasteiger partial charge in [0.2, 0.25) is 15.9 Å². The molecule has 1 aromatic heterocycles. The van der Waals surface area contributed by atoms with Crippen molar-refractivity contribution in [1.29, 1.82) is 0 Å². The fraction of sp³-hybridized carbons (Fsp3) is 0.167. The summed E-state index contributed by atoms with van der Waals surface area (Å²) in [5, 5.41) is 8.97. The third kappa shape index (κ3) is 3.65. The monoisotopic (exact) mass is 294 g/mol. The number of hydrogen-bond donors (Lipinski definition) is 3. The lowest BCUT2D eigenvalue weighted by Gasteiger charge is -2.06. The fourth-order valence-electron chi connectivity index (χ4n) is 1.51. The van der Waals surface area contributed by atoms with Crippen molar-refractivity contribution >= 4 is 21.7 Å². The summed E-state index contributed by atoms with van der Waals surface area (Å²) < 4.78 is 26.0. The van der Waals surface area contributed by atoms with E-state index in [4.69, 9.17) is 0 Å². The van der Waals surface area contributed by atoms with E-state index in [-0.39, 0.29) is 11.4 Å². The Morgan fingerprint density at radius 1 is 1.30 bits per heavy atom. The van der Waals surface area contributed by atoms with E-state index in [2.05, 4.69) is 20.2 Å². The maximum absolute atomic E-state index is 11.9. The number of H-pyrrole nitrogens is 1. The van der Waals surface area contributed by atoms with E-state index >= 15 is 0 Å². The van der Waals surface area contributed by atoms with Crippen molar-refractivity contribution in [2.75, 3.05) is 11.9 Å². The number of aromatic nitrogens is 2. The molecule has 0 atom stereocenters. The number of aromatic amines is 1. The lowest BCUT2D eigenvalue weighted by molar-refractivity contribution is -0.115. The molecular weight excluding hydrogens is 280 g/mol. The summed E-state index contributed by atoms with van der Waals surface area (Å²) in [6, 6.07) is 9.49. The first-order chi connectivity index (χ1) is 9.47. The Morgan fingerprint density at radius 3 is 2.60 bits per heavy atom. The van der Waals surface area contributed by atoms with Gasteiger partial charge in [-0.15, -0.1) is 0 Å². The van der Waals surface area contributed by atoms with E-state index in [1.807, 2.05) is 0 Å². The molecule has 20 heavy (non-hydrogen) atoms. The molecule has 8 heteroatoms. The van der Waals surface area contributed by atoms with Gasteiger partial charge < -0.3 is 5.32 Å². The number of nitrogens with one attached hydrogen (secondary N) is 3. The van der Waals surface area contributed by atoms with Crippen LogP contribution in [0.1, 0.15) is 5.69 Å².